The standard InChI is InChI=1S/C21H23ClN6O3/c1-21(2,3)31-20(30)27(11-13-4-5-13)18-8-17(25-16-6-7-23-10-15(16)22)26-19-14(12-29)9-24-28(18)19/h6-10,12-13H,4-5,11H2,1-3H3,(H,23,25,26). The highest BCUT2D eigenvalue weighted by Gasteiger charge is 2.32. The number of aldehydes is 1. The number of hydrogen-bond donors (Lipinski definition) is 1. The minimum absolute atomic E-state index is 0.307. The molecule has 0 aromatic carbocycles. The molecule has 3 aromatic heterocycles. The van der Waals surface area contributed by atoms with Gasteiger partial charge in [-0.15, -0.1) is 0 Å². The fourth-order valence-electron chi connectivity index (χ4n) is 3.06. The zero-order valence-electron chi connectivity index (χ0n) is 17.5. The van der Waals surface area contributed by atoms with Crippen molar-refractivity contribution in [2.75, 3.05) is 16.8 Å². The molecule has 1 saturated carbocycles. The summed E-state index contributed by atoms with van der Waals surface area (Å²) in [7, 11) is 0. The van der Waals surface area contributed by atoms with Crippen LogP contribution in [0.2, 0.25) is 5.02 Å². The average molecular weight is 443 g/mol. The second-order valence-corrected chi connectivity index (χ2v) is 8.87. The lowest BCUT2D eigenvalue weighted by molar-refractivity contribution is 0.0576. The lowest BCUT2D eigenvalue weighted by Gasteiger charge is -2.28. The van der Waals surface area contributed by atoms with Gasteiger partial charge in [-0.25, -0.2) is 9.78 Å². The second-order valence-electron chi connectivity index (χ2n) is 8.47. The zero-order valence-corrected chi connectivity index (χ0v) is 18.3. The minimum atomic E-state index is -0.658. The Kier molecular flexibility index (Phi) is 5.53. The molecule has 1 fully saturated rings. The second kappa shape index (κ2) is 8.14. The molecule has 10 heteroatoms. The lowest BCUT2D eigenvalue weighted by atomic mass is 10.2. The van der Waals surface area contributed by atoms with Crippen LogP contribution in [0.1, 0.15) is 44.0 Å². The topological polar surface area (TPSA) is 102 Å². The first kappa shape index (κ1) is 21.0. The number of carbonyl (C=O) groups excluding carboxylic acids is 2. The number of nitrogens with zero attached hydrogens (tertiary/aromatic N) is 5. The smallest absolute Gasteiger partial charge is 0.416 e. The predicted molar refractivity (Wildman–Crippen MR) is 117 cm³/mol. The Morgan fingerprint density at radius 3 is 2.81 bits per heavy atom. The van der Waals surface area contributed by atoms with E-state index in [-0.39, 0.29) is 0 Å². The van der Waals surface area contributed by atoms with E-state index in [2.05, 4.69) is 20.4 Å². The Balaban J connectivity index is 1.81. The van der Waals surface area contributed by atoms with Crippen molar-refractivity contribution < 1.29 is 14.3 Å². The highest BCUT2D eigenvalue weighted by atomic mass is 35.5. The van der Waals surface area contributed by atoms with Crippen molar-refractivity contribution in [1.29, 1.82) is 0 Å². The first-order valence-corrected chi connectivity index (χ1v) is 10.3. The maximum absolute atomic E-state index is 13.1. The number of pyridine rings is 1. The number of carbonyl (C=O) groups is 2. The van der Waals surface area contributed by atoms with Gasteiger partial charge in [-0.1, -0.05) is 11.6 Å². The van der Waals surface area contributed by atoms with Gasteiger partial charge >= 0.3 is 6.09 Å². The molecule has 0 aliphatic heterocycles. The highest BCUT2D eigenvalue weighted by Crippen LogP contribution is 2.34. The molecule has 1 aliphatic carbocycles. The average Bonchev–Trinajstić information content (AvgIpc) is 3.43. The van der Waals surface area contributed by atoms with Gasteiger partial charge < -0.3 is 10.1 Å². The van der Waals surface area contributed by atoms with Crippen LogP contribution in [0.5, 0.6) is 0 Å². The Morgan fingerprint density at radius 2 is 2.16 bits per heavy atom. The molecule has 0 saturated heterocycles. The molecule has 3 heterocycles. The number of hydrogen-bond acceptors (Lipinski definition) is 7. The van der Waals surface area contributed by atoms with Crippen LogP contribution in [0.4, 0.5) is 22.1 Å². The molecule has 0 unspecified atom stereocenters. The predicted octanol–water partition coefficient (Wildman–Crippen LogP) is 4.49. The van der Waals surface area contributed by atoms with E-state index in [9.17, 15) is 9.59 Å². The van der Waals surface area contributed by atoms with E-state index in [4.69, 9.17) is 16.3 Å². The fraction of sp³-hybridized carbons (Fsp3) is 0.381. The SMILES string of the molecule is CC(C)(C)OC(=O)N(CC1CC1)c1cc(Nc2ccncc2Cl)nc2c(C=O)cnn12. The summed E-state index contributed by atoms with van der Waals surface area (Å²) in [6.45, 7) is 5.94. The molecule has 1 amide bonds. The first-order chi connectivity index (χ1) is 14.7. The third-order valence-corrected chi connectivity index (χ3v) is 4.97. The number of nitrogens with one attached hydrogen (secondary N) is 1. The maximum atomic E-state index is 13.1. The van der Waals surface area contributed by atoms with Crippen molar-refractivity contribution in [2.45, 2.75) is 39.2 Å². The summed E-state index contributed by atoms with van der Waals surface area (Å²) < 4.78 is 7.13. The van der Waals surface area contributed by atoms with E-state index in [1.807, 2.05) is 20.8 Å². The molecule has 0 atom stereocenters. The molecule has 3 aromatic rings. The van der Waals surface area contributed by atoms with Gasteiger partial charge in [0.15, 0.2) is 11.9 Å². The number of rotatable bonds is 6. The summed E-state index contributed by atoms with van der Waals surface area (Å²) in [6, 6.07) is 3.40. The van der Waals surface area contributed by atoms with Gasteiger partial charge in [-0.2, -0.15) is 9.61 Å². The number of anilines is 3. The van der Waals surface area contributed by atoms with Gasteiger partial charge in [0.25, 0.3) is 0 Å². The van der Waals surface area contributed by atoms with Crippen molar-refractivity contribution in [1.82, 2.24) is 19.6 Å². The molecular weight excluding hydrogens is 420 g/mol. The molecule has 31 heavy (non-hydrogen) atoms. The summed E-state index contributed by atoms with van der Waals surface area (Å²) in [5, 5.41) is 7.84. The summed E-state index contributed by atoms with van der Waals surface area (Å²) >= 11 is 6.22. The number of halogens is 1. The van der Waals surface area contributed by atoms with Crippen LogP contribution >= 0.6 is 11.6 Å². The Hall–Kier alpha value is -3.20. The molecule has 0 bridgehead atoms. The van der Waals surface area contributed by atoms with E-state index in [1.54, 1.807) is 23.2 Å². The minimum Gasteiger partial charge on any atom is -0.443 e. The number of ether oxygens (including phenoxy) is 1. The van der Waals surface area contributed by atoms with Crippen LogP contribution < -0.4 is 10.2 Å². The van der Waals surface area contributed by atoms with Crippen LogP contribution in [-0.4, -0.2) is 44.1 Å². The largest absolute Gasteiger partial charge is 0.443 e. The van der Waals surface area contributed by atoms with Crippen molar-refractivity contribution in [3.05, 3.63) is 41.3 Å². The molecule has 0 radical (unpaired) electrons. The summed E-state index contributed by atoms with van der Waals surface area (Å²) in [6.07, 6.45) is 6.83. The van der Waals surface area contributed by atoms with Crippen molar-refractivity contribution >= 4 is 47.0 Å². The van der Waals surface area contributed by atoms with Crippen molar-refractivity contribution in [3.8, 4) is 0 Å². The third kappa shape index (κ3) is 4.77. The summed E-state index contributed by atoms with van der Waals surface area (Å²) in [5.74, 6) is 1.25. The Bertz CT molecular complexity index is 1140. The normalized spacial score (nSPS) is 13.8. The molecule has 4 rings (SSSR count). The monoisotopic (exact) mass is 442 g/mol. The van der Waals surface area contributed by atoms with E-state index in [0.717, 1.165) is 12.8 Å². The molecule has 0 spiro atoms. The van der Waals surface area contributed by atoms with E-state index in [1.165, 1.54) is 16.9 Å². The Labute approximate surface area is 184 Å². The molecule has 1 aliphatic rings. The van der Waals surface area contributed by atoms with E-state index < -0.39 is 11.7 Å². The van der Waals surface area contributed by atoms with Crippen LogP contribution in [0.15, 0.2) is 30.7 Å². The van der Waals surface area contributed by atoms with Crippen LogP contribution in [0.3, 0.4) is 0 Å². The molecule has 9 nitrogen and oxygen atoms in total. The third-order valence-electron chi connectivity index (χ3n) is 4.67. The van der Waals surface area contributed by atoms with Gasteiger partial charge in [0, 0.05) is 25.0 Å². The first-order valence-electron chi connectivity index (χ1n) is 9.96. The summed E-state index contributed by atoms with van der Waals surface area (Å²) in [4.78, 5) is 34.7. The summed E-state index contributed by atoms with van der Waals surface area (Å²) in [5.41, 5.74) is 0.567. The fourth-order valence-corrected chi connectivity index (χ4v) is 3.22. The zero-order chi connectivity index (χ0) is 22.2. The van der Waals surface area contributed by atoms with Gasteiger partial charge in [0.05, 0.1) is 22.5 Å². The highest BCUT2D eigenvalue weighted by molar-refractivity contribution is 6.33. The molecule has 1 N–H and O–H groups in total. The number of amides is 1. The van der Waals surface area contributed by atoms with Gasteiger partial charge in [0.2, 0.25) is 0 Å². The maximum Gasteiger partial charge on any atom is 0.416 e. The van der Waals surface area contributed by atoms with Crippen LogP contribution in [0, 0.1) is 5.92 Å². The number of fused-ring (bicyclic) bond motifs is 1. The van der Waals surface area contributed by atoms with Gasteiger partial charge in [-0.05, 0) is 45.6 Å². The number of aromatic nitrogens is 4. The molecule has 162 valence electrons. The van der Waals surface area contributed by atoms with Crippen LogP contribution in [-0.2, 0) is 4.74 Å². The van der Waals surface area contributed by atoms with Gasteiger partial charge in [-0.3, -0.25) is 14.7 Å². The van der Waals surface area contributed by atoms with E-state index >= 15 is 0 Å². The quantitative estimate of drug-likeness (QED) is 0.561. The van der Waals surface area contributed by atoms with Crippen LogP contribution in [0.25, 0.3) is 5.65 Å². The molecular formula is C21H23ClN6O3. The Morgan fingerprint density at radius 1 is 1.39 bits per heavy atom. The lowest BCUT2D eigenvalue weighted by Crippen LogP contribution is -2.39. The van der Waals surface area contributed by atoms with Crippen molar-refractivity contribution in [2.24, 2.45) is 5.92 Å². The van der Waals surface area contributed by atoms with Crippen molar-refractivity contribution in [3.63, 3.8) is 0 Å². The van der Waals surface area contributed by atoms with Gasteiger partial charge in [0.1, 0.15) is 17.2 Å². The van der Waals surface area contributed by atoms with E-state index in [0.29, 0.717) is 52.3 Å².